The third-order valence-corrected chi connectivity index (χ3v) is 4.14. The SMILES string of the molecule is CC(C)(C)OCC(O)CN1CCN(c2nnc(Cl)c(N)n2)C(CO)C1. The van der Waals surface area contributed by atoms with E-state index in [1.54, 1.807) is 0 Å². The summed E-state index contributed by atoms with van der Waals surface area (Å²) < 4.78 is 5.61. The molecule has 9 nitrogen and oxygen atoms in total. The van der Waals surface area contributed by atoms with Crippen molar-refractivity contribution in [2.75, 3.05) is 50.0 Å². The second-order valence-corrected chi connectivity index (χ2v) is 7.51. The van der Waals surface area contributed by atoms with Gasteiger partial charge in [-0.1, -0.05) is 11.6 Å². The highest BCUT2D eigenvalue weighted by Crippen LogP contribution is 2.20. The lowest BCUT2D eigenvalue weighted by Crippen LogP contribution is -2.57. The van der Waals surface area contributed by atoms with Crippen molar-refractivity contribution in [1.82, 2.24) is 20.1 Å². The molecular formula is C15H27ClN6O3. The molecule has 0 radical (unpaired) electrons. The summed E-state index contributed by atoms with van der Waals surface area (Å²) in [6, 6.07) is -0.216. The van der Waals surface area contributed by atoms with E-state index in [9.17, 15) is 10.2 Å². The summed E-state index contributed by atoms with van der Waals surface area (Å²) in [7, 11) is 0. The number of aliphatic hydroxyl groups excluding tert-OH is 2. The van der Waals surface area contributed by atoms with Crippen molar-refractivity contribution in [3.05, 3.63) is 5.15 Å². The van der Waals surface area contributed by atoms with Crippen LogP contribution >= 0.6 is 11.6 Å². The van der Waals surface area contributed by atoms with Gasteiger partial charge in [0.15, 0.2) is 11.0 Å². The average molecular weight is 375 g/mol. The summed E-state index contributed by atoms with van der Waals surface area (Å²) >= 11 is 5.76. The minimum Gasteiger partial charge on any atom is -0.394 e. The van der Waals surface area contributed by atoms with E-state index in [0.29, 0.717) is 32.1 Å². The maximum absolute atomic E-state index is 10.2. The number of halogens is 1. The smallest absolute Gasteiger partial charge is 0.247 e. The fourth-order valence-electron chi connectivity index (χ4n) is 2.64. The summed E-state index contributed by atoms with van der Waals surface area (Å²) in [6.45, 7) is 8.36. The van der Waals surface area contributed by atoms with Gasteiger partial charge in [-0.15, -0.1) is 10.2 Å². The lowest BCUT2D eigenvalue weighted by atomic mass is 10.1. The molecule has 1 aliphatic heterocycles. The Morgan fingerprint density at radius 1 is 1.36 bits per heavy atom. The van der Waals surface area contributed by atoms with Gasteiger partial charge in [-0.25, -0.2) is 0 Å². The van der Waals surface area contributed by atoms with E-state index in [1.807, 2.05) is 25.7 Å². The first-order valence-electron chi connectivity index (χ1n) is 8.27. The molecule has 0 bridgehead atoms. The molecule has 1 aromatic heterocycles. The second-order valence-electron chi connectivity index (χ2n) is 7.15. The molecule has 0 aromatic carbocycles. The van der Waals surface area contributed by atoms with Crippen LogP contribution in [-0.4, -0.2) is 87.4 Å². The molecule has 1 aliphatic rings. The Morgan fingerprint density at radius 2 is 2.08 bits per heavy atom. The minimum absolute atomic E-state index is 0.0601. The number of nitrogens with two attached hydrogens (primary N) is 1. The van der Waals surface area contributed by atoms with Crippen LogP contribution < -0.4 is 10.6 Å². The standard InChI is InChI=1S/C15H27ClN6O3/c1-15(2,3)25-9-11(24)7-21-4-5-22(10(6-21)8-23)14-18-13(17)12(16)19-20-14/h10-11,23-24H,4-9H2,1-3H3,(H2,17,18,20). The maximum atomic E-state index is 10.2. The lowest BCUT2D eigenvalue weighted by Gasteiger charge is -2.41. The summed E-state index contributed by atoms with van der Waals surface area (Å²) in [5.74, 6) is 0.456. The topological polar surface area (TPSA) is 121 Å². The normalized spacial score (nSPS) is 20.7. The van der Waals surface area contributed by atoms with Crippen molar-refractivity contribution < 1.29 is 14.9 Å². The van der Waals surface area contributed by atoms with E-state index in [4.69, 9.17) is 22.1 Å². The Bertz CT molecular complexity index is 571. The summed E-state index contributed by atoms with van der Waals surface area (Å²) in [5.41, 5.74) is 5.40. The fraction of sp³-hybridized carbons (Fsp3) is 0.800. The number of ether oxygens (including phenoxy) is 1. The number of hydrogen-bond acceptors (Lipinski definition) is 9. The average Bonchev–Trinajstić information content (AvgIpc) is 2.55. The molecule has 1 saturated heterocycles. The number of aromatic nitrogens is 3. The van der Waals surface area contributed by atoms with Crippen LogP contribution in [0.2, 0.25) is 5.15 Å². The van der Waals surface area contributed by atoms with E-state index in [0.717, 1.165) is 0 Å². The number of rotatable bonds is 6. The van der Waals surface area contributed by atoms with Gasteiger partial charge in [0.05, 0.1) is 31.0 Å². The summed E-state index contributed by atoms with van der Waals surface area (Å²) in [5, 5.41) is 27.7. The lowest BCUT2D eigenvalue weighted by molar-refractivity contribution is -0.0573. The maximum Gasteiger partial charge on any atom is 0.247 e. The van der Waals surface area contributed by atoms with Gasteiger partial charge in [0.1, 0.15) is 0 Å². The predicted molar refractivity (Wildman–Crippen MR) is 95.6 cm³/mol. The molecule has 0 spiro atoms. The zero-order valence-corrected chi connectivity index (χ0v) is 15.6. The molecule has 25 heavy (non-hydrogen) atoms. The Labute approximate surface area is 152 Å². The number of piperazine rings is 1. The molecular weight excluding hydrogens is 348 g/mol. The van der Waals surface area contributed by atoms with Crippen LogP contribution in [0.15, 0.2) is 0 Å². The third kappa shape index (κ3) is 5.89. The number of aliphatic hydroxyl groups is 2. The Kier molecular flexibility index (Phi) is 6.75. The van der Waals surface area contributed by atoms with Gasteiger partial charge in [0.25, 0.3) is 0 Å². The van der Waals surface area contributed by atoms with Gasteiger partial charge in [0.2, 0.25) is 5.95 Å². The highest BCUT2D eigenvalue weighted by molar-refractivity contribution is 6.31. The zero-order chi connectivity index (χ0) is 18.6. The monoisotopic (exact) mass is 374 g/mol. The highest BCUT2D eigenvalue weighted by Gasteiger charge is 2.30. The van der Waals surface area contributed by atoms with Crippen molar-refractivity contribution in [2.24, 2.45) is 0 Å². The molecule has 2 heterocycles. The van der Waals surface area contributed by atoms with E-state index in [-0.39, 0.29) is 35.8 Å². The molecule has 1 fully saturated rings. The molecule has 0 amide bonds. The van der Waals surface area contributed by atoms with Crippen molar-refractivity contribution in [2.45, 2.75) is 38.5 Å². The number of hydrogen-bond donors (Lipinski definition) is 3. The Morgan fingerprint density at radius 3 is 2.68 bits per heavy atom. The van der Waals surface area contributed by atoms with Gasteiger partial charge >= 0.3 is 0 Å². The van der Waals surface area contributed by atoms with Gasteiger partial charge in [-0.2, -0.15) is 4.98 Å². The molecule has 142 valence electrons. The second kappa shape index (κ2) is 8.41. The van der Waals surface area contributed by atoms with Crippen LogP contribution in [-0.2, 0) is 4.74 Å². The largest absolute Gasteiger partial charge is 0.394 e. The van der Waals surface area contributed by atoms with Crippen molar-refractivity contribution in [1.29, 1.82) is 0 Å². The van der Waals surface area contributed by atoms with Crippen LogP contribution in [0.4, 0.5) is 11.8 Å². The molecule has 4 N–H and O–H groups in total. The van der Waals surface area contributed by atoms with Crippen LogP contribution in [0, 0.1) is 0 Å². The number of nitrogens with zero attached hydrogens (tertiary/aromatic N) is 5. The molecule has 2 rings (SSSR count). The predicted octanol–water partition coefficient (Wildman–Crippen LogP) is -0.234. The molecule has 2 unspecified atom stereocenters. The number of β-amino-alcohol motifs (C(OH)–C–C–N with tert-alkyl or cyclic N) is 1. The van der Waals surface area contributed by atoms with E-state index in [1.165, 1.54) is 0 Å². The third-order valence-electron chi connectivity index (χ3n) is 3.87. The fourth-order valence-corrected chi connectivity index (χ4v) is 2.72. The molecule has 1 aromatic rings. The van der Waals surface area contributed by atoms with Gasteiger partial charge in [0, 0.05) is 26.2 Å². The number of anilines is 2. The van der Waals surface area contributed by atoms with Gasteiger partial charge < -0.3 is 25.6 Å². The van der Waals surface area contributed by atoms with Crippen LogP contribution in [0.5, 0.6) is 0 Å². The summed E-state index contributed by atoms with van der Waals surface area (Å²) in [4.78, 5) is 8.08. The zero-order valence-electron chi connectivity index (χ0n) is 14.9. The van der Waals surface area contributed by atoms with Crippen LogP contribution in [0.3, 0.4) is 0 Å². The van der Waals surface area contributed by atoms with E-state index in [2.05, 4.69) is 20.1 Å². The minimum atomic E-state index is -0.589. The van der Waals surface area contributed by atoms with Crippen LogP contribution in [0.25, 0.3) is 0 Å². The molecule has 10 heteroatoms. The van der Waals surface area contributed by atoms with E-state index < -0.39 is 6.10 Å². The first kappa shape index (κ1) is 20.1. The molecule has 0 aliphatic carbocycles. The Balaban J connectivity index is 1.93. The van der Waals surface area contributed by atoms with Crippen molar-refractivity contribution in [3.63, 3.8) is 0 Å². The molecule has 2 atom stereocenters. The quantitative estimate of drug-likeness (QED) is 0.619. The highest BCUT2D eigenvalue weighted by atomic mass is 35.5. The van der Waals surface area contributed by atoms with Crippen LogP contribution in [0.1, 0.15) is 20.8 Å². The van der Waals surface area contributed by atoms with Gasteiger partial charge in [-0.05, 0) is 20.8 Å². The van der Waals surface area contributed by atoms with Gasteiger partial charge in [-0.3, -0.25) is 4.90 Å². The number of nitrogen functional groups attached to an aromatic ring is 1. The van der Waals surface area contributed by atoms with Crippen molar-refractivity contribution in [3.8, 4) is 0 Å². The first-order valence-corrected chi connectivity index (χ1v) is 8.65. The van der Waals surface area contributed by atoms with E-state index >= 15 is 0 Å². The summed E-state index contributed by atoms with van der Waals surface area (Å²) in [6.07, 6.45) is -0.589. The first-order chi connectivity index (χ1) is 11.7. The van der Waals surface area contributed by atoms with Crippen molar-refractivity contribution >= 4 is 23.4 Å². The molecule has 0 saturated carbocycles. The Hall–Kier alpha value is -1.26.